The molecule has 0 aromatic heterocycles. The van der Waals surface area contributed by atoms with Crippen molar-refractivity contribution in [2.45, 2.75) is 99.0 Å². The van der Waals surface area contributed by atoms with Crippen LogP contribution in [0, 0.1) is 0 Å². The van der Waals surface area contributed by atoms with Gasteiger partial charge in [0.25, 0.3) is 0 Å². The van der Waals surface area contributed by atoms with Crippen LogP contribution in [0.15, 0.2) is 0 Å². The molecule has 0 amide bonds. The van der Waals surface area contributed by atoms with Crippen molar-refractivity contribution in [1.82, 2.24) is 0 Å². The highest BCUT2D eigenvalue weighted by atomic mass is 16.7. The zero-order chi connectivity index (χ0) is 24.6. The van der Waals surface area contributed by atoms with Crippen molar-refractivity contribution in [3.63, 3.8) is 0 Å². The van der Waals surface area contributed by atoms with E-state index >= 15 is 0 Å². The van der Waals surface area contributed by atoms with E-state index in [4.69, 9.17) is 23.7 Å². The SMILES string of the molecule is C[C@@H]1O[C@@H](O[C@H]2[C@H](O)[C@@H](O)[C@H](O[C@H]3[C@H](O)[C@@H](O)[C@H](O)O[C@@H]3CO)O[C@@H]2CO)[C@H](O)[C@H](O)[C@H]1O. The Morgan fingerprint density at radius 2 is 1.00 bits per heavy atom. The standard InChI is InChI=1S/C18H32O15/c1-4-7(21)8(22)12(26)17(29-4)32-15-6(3-20)31-18(13(27)10(15)24)33-14-5(2-19)30-16(28)11(25)9(14)23/h4-28H,2-3H2,1H3/t4-,5+,6+,7-,8+,9+,10+,11+,12+,13+,14+,15+,16+,17-,18-/m0/s1. The first kappa shape index (κ1) is 27.0. The van der Waals surface area contributed by atoms with Gasteiger partial charge >= 0.3 is 0 Å². The fourth-order valence-corrected chi connectivity index (χ4v) is 4.00. The maximum Gasteiger partial charge on any atom is 0.187 e. The second-order valence-electron chi connectivity index (χ2n) is 8.32. The summed E-state index contributed by atoms with van der Waals surface area (Å²) >= 11 is 0. The predicted octanol–water partition coefficient (Wildman–Crippen LogP) is -6.55. The molecule has 3 rings (SSSR count). The Morgan fingerprint density at radius 1 is 0.545 bits per heavy atom. The minimum Gasteiger partial charge on any atom is -0.394 e. The van der Waals surface area contributed by atoms with Crippen molar-refractivity contribution < 1.29 is 74.7 Å². The first-order chi connectivity index (χ1) is 15.5. The molecule has 10 N–H and O–H groups in total. The van der Waals surface area contributed by atoms with Gasteiger partial charge in [-0.2, -0.15) is 0 Å². The Morgan fingerprint density at radius 3 is 1.55 bits per heavy atom. The van der Waals surface area contributed by atoms with Crippen LogP contribution in [0.5, 0.6) is 0 Å². The number of aliphatic hydroxyl groups is 10. The molecule has 0 unspecified atom stereocenters. The van der Waals surface area contributed by atoms with Gasteiger partial charge in [0.1, 0.15) is 67.1 Å². The van der Waals surface area contributed by atoms with Crippen LogP contribution in [0.1, 0.15) is 6.92 Å². The van der Waals surface area contributed by atoms with Gasteiger partial charge in [-0.3, -0.25) is 0 Å². The number of ether oxygens (including phenoxy) is 5. The second kappa shape index (κ2) is 11.0. The summed E-state index contributed by atoms with van der Waals surface area (Å²) in [6.45, 7) is -0.103. The van der Waals surface area contributed by atoms with Gasteiger partial charge in [-0.25, -0.2) is 0 Å². The van der Waals surface area contributed by atoms with Crippen LogP contribution >= 0.6 is 0 Å². The Kier molecular flexibility index (Phi) is 8.99. The number of hydrogen-bond donors (Lipinski definition) is 10. The van der Waals surface area contributed by atoms with Crippen molar-refractivity contribution in [1.29, 1.82) is 0 Å². The fraction of sp³-hybridized carbons (Fsp3) is 1.00. The van der Waals surface area contributed by atoms with Crippen LogP contribution in [0.25, 0.3) is 0 Å². The Labute approximate surface area is 187 Å². The Bertz CT molecular complexity index is 622. The average Bonchev–Trinajstić information content (AvgIpc) is 2.80. The van der Waals surface area contributed by atoms with E-state index in [9.17, 15) is 51.1 Å². The topological polar surface area (TPSA) is 248 Å². The largest absolute Gasteiger partial charge is 0.394 e. The van der Waals surface area contributed by atoms with Crippen molar-refractivity contribution in [3.05, 3.63) is 0 Å². The monoisotopic (exact) mass is 488 g/mol. The molecule has 194 valence electrons. The number of hydrogen-bond acceptors (Lipinski definition) is 15. The van der Waals surface area contributed by atoms with Gasteiger partial charge in [0.2, 0.25) is 0 Å². The Hall–Kier alpha value is -0.600. The van der Waals surface area contributed by atoms with Crippen molar-refractivity contribution in [2.75, 3.05) is 13.2 Å². The van der Waals surface area contributed by atoms with E-state index in [1.54, 1.807) is 0 Å². The average molecular weight is 488 g/mol. The summed E-state index contributed by atoms with van der Waals surface area (Å²) in [5.74, 6) is 0. The third-order valence-electron chi connectivity index (χ3n) is 6.05. The fourth-order valence-electron chi connectivity index (χ4n) is 4.00. The quantitative estimate of drug-likeness (QED) is 0.167. The van der Waals surface area contributed by atoms with E-state index in [1.807, 2.05) is 0 Å². The smallest absolute Gasteiger partial charge is 0.187 e. The number of aliphatic hydroxyl groups excluding tert-OH is 10. The second-order valence-corrected chi connectivity index (χ2v) is 8.32. The highest BCUT2D eigenvalue weighted by molar-refractivity contribution is 4.95. The van der Waals surface area contributed by atoms with Crippen LogP contribution in [0.4, 0.5) is 0 Å². The van der Waals surface area contributed by atoms with Gasteiger partial charge in [-0.05, 0) is 6.92 Å². The zero-order valence-electron chi connectivity index (χ0n) is 17.6. The summed E-state index contributed by atoms with van der Waals surface area (Å²) in [5, 5.41) is 99.7. The molecule has 3 heterocycles. The zero-order valence-corrected chi connectivity index (χ0v) is 17.6. The lowest BCUT2D eigenvalue weighted by Gasteiger charge is -2.47. The normalized spacial score (nSPS) is 53.7. The molecular weight excluding hydrogens is 456 g/mol. The molecule has 0 aromatic rings. The number of rotatable bonds is 6. The van der Waals surface area contributed by atoms with Crippen LogP contribution in [-0.4, -0.2) is 156 Å². The van der Waals surface area contributed by atoms with E-state index in [0.717, 1.165) is 0 Å². The molecule has 3 aliphatic heterocycles. The molecule has 3 saturated heterocycles. The van der Waals surface area contributed by atoms with E-state index in [0.29, 0.717) is 0 Å². The van der Waals surface area contributed by atoms with Crippen molar-refractivity contribution >= 4 is 0 Å². The third kappa shape index (κ3) is 5.32. The maximum absolute atomic E-state index is 10.6. The van der Waals surface area contributed by atoms with Crippen LogP contribution in [0.2, 0.25) is 0 Å². The summed E-state index contributed by atoms with van der Waals surface area (Å²) < 4.78 is 26.6. The van der Waals surface area contributed by atoms with Gasteiger partial charge < -0.3 is 74.7 Å². The van der Waals surface area contributed by atoms with E-state index < -0.39 is 105 Å². The summed E-state index contributed by atoms with van der Waals surface area (Å²) in [7, 11) is 0. The van der Waals surface area contributed by atoms with Gasteiger partial charge in [-0.15, -0.1) is 0 Å². The third-order valence-corrected chi connectivity index (χ3v) is 6.05. The summed E-state index contributed by atoms with van der Waals surface area (Å²) in [5.41, 5.74) is 0. The van der Waals surface area contributed by atoms with Gasteiger partial charge in [0, 0.05) is 0 Å². The highest BCUT2D eigenvalue weighted by Gasteiger charge is 2.52. The molecule has 15 heteroatoms. The maximum atomic E-state index is 10.6. The van der Waals surface area contributed by atoms with Gasteiger partial charge in [0.15, 0.2) is 18.9 Å². The minimum atomic E-state index is -1.86. The molecule has 0 bridgehead atoms. The molecule has 0 saturated carbocycles. The molecule has 3 fully saturated rings. The first-order valence-corrected chi connectivity index (χ1v) is 10.4. The lowest BCUT2D eigenvalue weighted by atomic mass is 9.96. The first-order valence-electron chi connectivity index (χ1n) is 10.4. The van der Waals surface area contributed by atoms with E-state index in [1.165, 1.54) is 6.92 Å². The lowest BCUT2D eigenvalue weighted by Crippen LogP contribution is -2.66. The summed E-state index contributed by atoms with van der Waals surface area (Å²) in [4.78, 5) is 0. The van der Waals surface area contributed by atoms with Gasteiger partial charge in [0.05, 0.1) is 19.3 Å². The molecule has 0 aromatic carbocycles. The van der Waals surface area contributed by atoms with E-state index in [-0.39, 0.29) is 0 Å². The minimum absolute atomic E-state index is 0.741. The van der Waals surface area contributed by atoms with Crippen LogP contribution < -0.4 is 0 Å². The summed E-state index contributed by atoms with van der Waals surface area (Å²) in [6, 6.07) is 0. The lowest BCUT2D eigenvalue weighted by molar-refractivity contribution is -0.376. The van der Waals surface area contributed by atoms with Gasteiger partial charge in [-0.1, -0.05) is 0 Å². The van der Waals surface area contributed by atoms with Crippen LogP contribution in [-0.2, 0) is 23.7 Å². The highest BCUT2D eigenvalue weighted by Crippen LogP contribution is 2.32. The molecule has 33 heavy (non-hydrogen) atoms. The summed E-state index contributed by atoms with van der Waals surface area (Å²) in [6.07, 6.45) is -23.7. The van der Waals surface area contributed by atoms with Crippen molar-refractivity contribution in [3.8, 4) is 0 Å². The Balaban J connectivity index is 1.71. The molecule has 0 radical (unpaired) electrons. The molecule has 15 atom stereocenters. The molecule has 0 spiro atoms. The van der Waals surface area contributed by atoms with Crippen molar-refractivity contribution in [2.24, 2.45) is 0 Å². The van der Waals surface area contributed by atoms with Crippen LogP contribution in [0.3, 0.4) is 0 Å². The van der Waals surface area contributed by atoms with E-state index in [2.05, 4.69) is 0 Å². The molecule has 15 nitrogen and oxygen atoms in total. The molecule has 0 aliphatic carbocycles. The molecule has 3 aliphatic rings. The predicted molar refractivity (Wildman–Crippen MR) is 99.8 cm³/mol. The molecular formula is C18H32O15.